The van der Waals surface area contributed by atoms with Crippen LogP contribution in [0, 0.1) is 0 Å². The highest BCUT2D eigenvalue weighted by Gasteiger charge is 2.00. The summed E-state index contributed by atoms with van der Waals surface area (Å²) in [5.41, 5.74) is 0.377. The highest BCUT2D eigenvalue weighted by atomic mass is 16.5. The lowest BCUT2D eigenvalue weighted by Gasteiger charge is -1.95. The van der Waals surface area contributed by atoms with Crippen molar-refractivity contribution in [3.05, 3.63) is 24.5 Å². The van der Waals surface area contributed by atoms with Crippen molar-refractivity contribution in [3.63, 3.8) is 0 Å². The number of carbonyl (C=O) groups excluding carboxylic acids is 1. The summed E-state index contributed by atoms with van der Waals surface area (Å²) < 4.78 is 4.40. The van der Waals surface area contributed by atoms with Crippen molar-refractivity contribution in [1.29, 1.82) is 0 Å². The van der Waals surface area contributed by atoms with Crippen molar-refractivity contribution in [2.45, 2.75) is 6.92 Å². The Morgan fingerprint density at radius 2 is 2.40 bits per heavy atom. The molecule has 0 aliphatic rings. The summed E-state index contributed by atoms with van der Waals surface area (Å²) in [4.78, 5) is 10.7. The second-order valence-corrected chi connectivity index (χ2v) is 1.64. The maximum atomic E-state index is 10.7. The fourth-order valence-electron chi connectivity index (χ4n) is 0.389. The Hall–Kier alpha value is -1.09. The largest absolute Gasteiger partial charge is 0.432 e. The smallest absolute Gasteiger partial charge is 0.338 e. The summed E-state index contributed by atoms with van der Waals surface area (Å²) in [6.45, 7) is 4.61. The molecular formula is C7H10O3. The predicted octanol–water partition coefficient (Wildman–Crippen LogP) is 0.612. The minimum atomic E-state index is -0.482. The Morgan fingerprint density at radius 1 is 1.80 bits per heavy atom. The van der Waals surface area contributed by atoms with Crippen LogP contribution in [0.5, 0.6) is 0 Å². The average molecular weight is 142 g/mol. The third kappa shape index (κ3) is 3.04. The van der Waals surface area contributed by atoms with Crippen molar-refractivity contribution < 1.29 is 14.6 Å². The topological polar surface area (TPSA) is 46.5 Å². The minimum absolute atomic E-state index is 0.155. The molecule has 0 spiro atoms. The van der Waals surface area contributed by atoms with Crippen LogP contribution in [0.25, 0.3) is 0 Å². The monoisotopic (exact) mass is 142 g/mol. The van der Waals surface area contributed by atoms with Gasteiger partial charge in [0.25, 0.3) is 0 Å². The number of hydrogen-bond donors (Lipinski definition) is 1. The van der Waals surface area contributed by atoms with E-state index in [0.717, 1.165) is 6.26 Å². The van der Waals surface area contributed by atoms with Gasteiger partial charge in [-0.1, -0.05) is 6.58 Å². The first-order valence-electron chi connectivity index (χ1n) is 2.82. The Balaban J connectivity index is 3.93. The van der Waals surface area contributed by atoms with E-state index in [0.29, 0.717) is 5.57 Å². The number of aliphatic hydroxyl groups excluding tert-OH is 1. The summed E-state index contributed by atoms with van der Waals surface area (Å²) in [7, 11) is 0. The molecule has 1 N–H and O–H groups in total. The maximum absolute atomic E-state index is 10.7. The van der Waals surface area contributed by atoms with Crippen molar-refractivity contribution >= 4 is 5.97 Å². The first-order chi connectivity index (χ1) is 4.72. The van der Waals surface area contributed by atoms with Crippen LogP contribution in [0.2, 0.25) is 0 Å². The molecule has 0 unspecified atom stereocenters. The second-order valence-electron chi connectivity index (χ2n) is 1.64. The quantitative estimate of drug-likeness (QED) is 0.357. The van der Waals surface area contributed by atoms with E-state index in [1.807, 2.05) is 0 Å². The van der Waals surface area contributed by atoms with Crippen molar-refractivity contribution in [2.24, 2.45) is 0 Å². The Kier molecular flexibility index (Phi) is 4.24. The van der Waals surface area contributed by atoms with Gasteiger partial charge in [-0.15, -0.1) is 0 Å². The van der Waals surface area contributed by atoms with Gasteiger partial charge in [-0.3, -0.25) is 0 Å². The van der Waals surface area contributed by atoms with Crippen LogP contribution in [0.1, 0.15) is 6.92 Å². The van der Waals surface area contributed by atoms with Crippen LogP contribution in [-0.2, 0) is 9.53 Å². The fraction of sp³-hybridized carbons (Fsp3) is 0.286. The van der Waals surface area contributed by atoms with Crippen molar-refractivity contribution in [3.8, 4) is 0 Å². The molecule has 0 saturated heterocycles. The number of esters is 1. The Bertz CT molecular complexity index is 158. The van der Waals surface area contributed by atoms with Crippen LogP contribution in [-0.4, -0.2) is 17.7 Å². The van der Waals surface area contributed by atoms with E-state index in [1.165, 1.54) is 6.08 Å². The molecule has 56 valence electrons. The minimum Gasteiger partial charge on any atom is -0.432 e. The molecule has 0 aromatic heterocycles. The number of aliphatic hydroxyl groups is 1. The molecule has 0 atom stereocenters. The number of hydrogen-bond acceptors (Lipinski definition) is 3. The first-order valence-corrected chi connectivity index (χ1v) is 2.82. The predicted molar refractivity (Wildman–Crippen MR) is 37.1 cm³/mol. The molecule has 10 heavy (non-hydrogen) atoms. The molecular weight excluding hydrogens is 132 g/mol. The molecule has 0 aliphatic carbocycles. The number of ether oxygens (including phenoxy) is 1. The standard InChI is InChI=1S/C7H10O3/c1-3-10-7(9)6(2)4-5-8/h3-4,8H,1,5H2,2H3. The normalized spacial score (nSPS) is 10.8. The number of rotatable bonds is 3. The number of carbonyl (C=O) groups is 1. The molecule has 0 saturated carbocycles. The van der Waals surface area contributed by atoms with Crippen LogP contribution >= 0.6 is 0 Å². The van der Waals surface area contributed by atoms with Crippen molar-refractivity contribution in [2.75, 3.05) is 6.61 Å². The van der Waals surface area contributed by atoms with Gasteiger partial charge < -0.3 is 9.84 Å². The zero-order chi connectivity index (χ0) is 7.98. The SMILES string of the molecule is C=COC(=O)C(C)=CCO. The molecule has 0 radical (unpaired) electrons. The lowest BCUT2D eigenvalue weighted by Crippen LogP contribution is -2.01. The molecule has 0 aliphatic heterocycles. The van der Waals surface area contributed by atoms with Crippen LogP contribution in [0.4, 0.5) is 0 Å². The summed E-state index contributed by atoms with van der Waals surface area (Å²) in [6, 6.07) is 0. The fourth-order valence-corrected chi connectivity index (χ4v) is 0.389. The maximum Gasteiger partial charge on any atom is 0.338 e. The van der Waals surface area contributed by atoms with Gasteiger partial charge in [0.05, 0.1) is 12.9 Å². The Morgan fingerprint density at radius 3 is 2.80 bits per heavy atom. The van der Waals surface area contributed by atoms with Crippen molar-refractivity contribution in [1.82, 2.24) is 0 Å². The van der Waals surface area contributed by atoms with Gasteiger partial charge in [-0.25, -0.2) is 4.79 Å². The Labute approximate surface area is 59.6 Å². The highest BCUT2D eigenvalue weighted by molar-refractivity contribution is 5.88. The van der Waals surface area contributed by atoms with E-state index in [4.69, 9.17) is 5.11 Å². The summed E-state index contributed by atoms with van der Waals surface area (Å²) >= 11 is 0. The summed E-state index contributed by atoms with van der Waals surface area (Å²) in [5.74, 6) is -0.482. The zero-order valence-corrected chi connectivity index (χ0v) is 5.83. The molecule has 0 amide bonds. The lowest BCUT2D eigenvalue weighted by molar-refractivity contribution is -0.133. The molecule has 3 heteroatoms. The van der Waals surface area contributed by atoms with Gasteiger partial charge in [0.2, 0.25) is 0 Å². The van der Waals surface area contributed by atoms with E-state index in [9.17, 15) is 4.79 Å². The average Bonchev–Trinajstić information content (AvgIpc) is 1.89. The van der Waals surface area contributed by atoms with E-state index in [2.05, 4.69) is 11.3 Å². The van der Waals surface area contributed by atoms with Gasteiger partial charge in [-0.05, 0) is 13.0 Å². The van der Waals surface area contributed by atoms with Gasteiger partial charge >= 0.3 is 5.97 Å². The molecule has 0 bridgehead atoms. The zero-order valence-electron chi connectivity index (χ0n) is 5.83. The van der Waals surface area contributed by atoms with Gasteiger partial charge in [0.1, 0.15) is 0 Å². The molecule has 0 rings (SSSR count). The molecule has 0 aromatic rings. The second kappa shape index (κ2) is 4.76. The molecule has 0 fully saturated rings. The lowest BCUT2D eigenvalue weighted by atomic mass is 10.3. The summed E-state index contributed by atoms with van der Waals surface area (Å²) in [6.07, 6.45) is 2.42. The van der Waals surface area contributed by atoms with Crippen LogP contribution in [0.3, 0.4) is 0 Å². The summed E-state index contributed by atoms with van der Waals surface area (Å²) in [5, 5.41) is 8.34. The van der Waals surface area contributed by atoms with E-state index in [1.54, 1.807) is 6.92 Å². The molecule has 0 aromatic carbocycles. The first kappa shape index (κ1) is 8.91. The van der Waals surface area contributed by atoms with Gasteiger partial charge in [0, 0.05) is 5.57 Å². The van der Waals surface area contributed by atoms with E-state index in [-0.39, 0.29) is 6.61 Å². The van der Waals surface area contributed by atoms with Gasteiger partial charge in [-0.2, -0.15) is 0 Å². The third-order valence-corrected chi connectivity index (χ3v) is 0.910. The molecule has 0 heterocycles. The highest BCUT2D eigenvalue weighted by Crippen LogP contribution is 1.94. The van der Waals surface area contributed by atoms with Gasteiger partial charge in [0.15, 0.2) is 0 Å². The van der Waals surface area contributed by atoms with Crippen LogP contribution in [0.15, 0.2) is 24.5 Å². The van der Waals surface area contributed by atoms with Crippen LogP contribution < -0.4 is 0 Å². The van der Waals surface area contributed by atoms with E-state index < -0.39 is 5.97 Å². The third-order valence-electron chi connectivity index (χ3n) is 0.910. The van der Waals surface area contributed by atoms with E-state index >= 15 is 0 Å². The molecule has 3 nitrogen and oxygen atoms in total.